The van der Waals surface area contributed by atoms with Crippen LogP contribution in [-0.4, -0.2) is 20.6 Å². The molecular formula is C13H12N4O4S. The monoisotopic (exact) mass is 320 g/mol. The lowest BCUT2D eigenvalue weighted by molar-refractivity contribution is -0.423. The quantitative estimate of drug-likeness (QED) is 0.645. The summed E-state index contributed by atoms with van der Waals surface area (Å²) in [6.45, 7) is -0.0479. The number of rotatable bonds is 2. The Morgan fingerprint density at radius 2 is 2.05 bits per heavy atom. The molecule has 0 spiro atoms. The SMILES string of the molecule is Cn1c2c(c(=O)n(C)c1=O)C(c1cccs1)=C([N+](=O)[O-])CN2. The lowest BCUT2D eigenvalue weighted by Crippen LogP contribution is -2.42. The molecule has 0 atom stereocenters. The third kappa shape index (κ3) is 1.90. The van der Waals surface area contributed by atoms with Crippen molar-refractivity contribution in [3.8, 4) is 0 Å². The molecule has 2 aromatic heterocycles. The van der Waals surface area contributed by atoms with Crippen molar-refractivity contribution in [3.05, 3.63) is 64.6 Å². The largest absolute Gasteiger partial charge is 0.360 e. The summed E-state index contributed by atoms with van der Waals surface area (Å²) in [6, 6.07) is 3.49. The first-order chi connectivity index (χ1) is 10.4. The van der Waals surface area contributed by atoms with Gasteiger partial charge in [0.2, 0.25) is 0 Å². The van der Waals surface area contributed by atoms with E-state index in [9.17, 15) is 19.7 Å². The van der Waals surface area contributed by atoms with Crippen LogP contribution in [0.15, 0.2) is 32.8 Å². The van der Waals surface area contributed by atoms with E-state index in [-0.39, 0.29) is 23.4 Å². The zero-order valence-electron chi connectivity index (χ0n) is 11.8. The average molecular weight is 320 g/mol. The Bertz CT molecular complexity index is 921. The summed E-state index contributed by atoms with van der Waals surface area (Å²) in [6.07, 6.45) is 0. The Morgan fingerprint density at radius 1 is 1.32 bits per heavy atom. The van der Waals surface area contributed by atoms with E-state index in [2.05, 4.69) is 5.32 Å². The van der Waals surface area contributed by atoms with Crippen LogP contribution in [0, 0.1) is 10.1 Å². The highest BCUT2D eigenvalue weighted by molar-refractivity contribution is 7.11. The standard InChI is InChI=1S/C13H12N4O4S/c1-15-11-10(12(18)16(2)13(15)19)9(8-4-3-5-22-8)7(6-14-11)17(20)21/h3-5,14H,6H2,1-2H3. The second kappa shape index (κ2) is 4.95. The fraction of sp³-hybridized carbons (Fsp3) is 0.231. The molecule has 0 bridgehead atoms. The molecule has 22 heavy (non-hydrogen) atoms. The molecule has 0 saturated heterocycles. The zero-order valence-corrected chi connectivity index (χ0v) is 12.6. The Kier molecular flexibility index (Phi) is 3.21. The maximum atomic E-state index is 12.5. The molecule has 1 aliphatic heterocycles. The second-order valence-electron chi connectivity index (χ2n) is 4.84. The van der Waals surface area contributed by atoms with Gasteiger partial charge in [0.1, 0.15) is 12.4 Å². The van der Waals surface area contributed by atoms with Crippen LogP contribution in [-0.2, 0) is 14.1 Å². The van der Waals surface area contributed by atoms with Crippen molar-refractivity contribution < 1.29 is 4.92 Å². The zero-order chi connectivity index (χ0) is 16.0. The number of nitrogens with zero attached hydrogens (tertiary/aromatic N) is 3. The summed E-state index contributed by atoms with van der Waals surface area (Å²) < 4.78 is 2.25. The Morgan fingerprint density at radius 3 is 2.64 bits per heavy atom. The van der Waals surface area contributed by atoms with Crippen LogP contribution in [0.5, 0.6) is 0 Å². The highest BCUT2D eigenvalue weighted by Gasteiger charge is 2.33. The Hall–Kier alpha value is -2.68. The molecule has 0 fully saturated rings. The lowest BCUT2D eigenvalue weighted by Gasteiger charge is -2.21. The molecule has 1 N–H and O–H groups in total. The molecule has 3 rings (SSSR count). The van der Waals surface area contributed by atoms with Gasteiger partial charge in [-0.3, -0.25) is 24.0 Å². The molecule has 3 heterocycles. The summed E-state index contributed by atoms with van der Waals surface area (Å²) in [7, 11) is 2.88. The van der Waals surface area contributed by atoms with Gasteiger partial charge in [0.25, 0.3) is 11.3 Å². The van der Waals surface area contributed by atoms with Gasteiger partial charge in [-0.2, -0.15) is 0 Å². The molecular weight excluding hydrogens is 308 g/mol. The van der Waals surface area contributed by atoms with E-state index < -0.39 is 16.2 Å². The topological polar surface area (TPSA) is 99.2 Å². The number of thiophene rings is 1. The minimum absolute atomic E-state index is 0.0479. The lowest BCUT2D eigenvalue weighted by atomic mass is 10.0. The first kappa shape index (κ1) is 14.3. The molecule has 0 saturated carbocycles. The van der Waals surface area contributed by atoms with Gasteiger partial charge in [0, 0.05) is 19.0 Å². The first-order valence-electron chi connectivity index (χ1n) is 6.39. The summed E-state index contributed by atoms with van der Waals surface area (Å²) >= 11 is 1.31. The molecule has 0 aromatic carbocycles. The summed E-state index contributed by atoms with van der Waals surface area (Å²) in [5.41, 5.74) is -0.667. The van der Waals surface area contributed by atoms with Crippen molar-refractivity contribution in [1.82, 2.24) is 9.13 Å². The first-order valence-corrected chi connectivity index (χ1v) is 7.27. The highest BCUT2D eigenvalue weighted by atomic mass is 32.1. The van der Waals surface area contributed by atoms with Crippen LogP contribution in [0.3, 0.4) is 0 Å². The van der Waals surface area contributed by atoms with Crippen LogP contribution in [0.2, 0.25) is 0 Å². The molecule has 114 valence electrons. The van der Waals surface area contributed by atoms with Gasteiger partial charge in [-0.25, -0.2) is 4.79 Å². The second-order valence-corrected chi connectivity index (χ2v) is 5.79. The van der Waals surface area contributed by atoms with E-state index >= 15 is 0 Å². The van der Waals surface area contributed by atoms with E-state index in [1.54, 1.807) is 17.5 Å². The number of aromatic nitrogens is 2. The van der Waals surface area contributed by atoms with Gasteiger partial charge < -0.3 is 5.32 Å². The fourth-order valence-electron chi connectivity index (χ4n) is 2.52. The summed E-state index contributed by atoms with van der Waals surface area (Å²) in [4.78, 5) is 36.0. The number of nitrogens with one attached hydrogen (secondary N) is 1. The summed E-state index contributed by atoms with van der Waals surface area (Å²) in [5.74, 6) is 0.308. The predicted octanol–water partition coefficient (Wildman–Crippen LogP) is 0.607. The van der Waals surface area contributed by atoms with Crippen LogP contribution in [0.1, 0.15) is 10.4 Å². The van der Waals surface area contributed by atoms with Crippen LogP contribution in [0.4, 0.5) is 5.82 Å². The van der Waals surface area contributed by atoms with Gasteiger partial charge in [0.05, 0.1) is 16.1 Å². The number of hydrogen-bond donors (Lipinski definition) is 1. The average Bonchev–Trinajstić information content (AvgIpc) is 3.03. The van der Waals surface area contributed by atoms with E-state index in [0.29, 0.717) is 10.7 Å². The van der Waals surface area contributed by atoms with Gasteiger partial charge in [-0.1, -0.05) is 6.07 Å². The number of anilines is 1. The smallest absolute Gasteiger partial charge is 0.332 e. The Balaban J connectivity index is 2.48. The minimum Gasteiger partial charge on any atom is -0.360 e. The van der Waals surface area contributed by atoms with Gasteiger partial charge in [-0.15, -0.1) is 11.3 Å². The number of fused-ring (bicyclic) bond motifs is 1. The maximum absolute atomic E-state index is 12.5. The molecule has 0 aliphatic carbocycles. The third-order valence-corrected chi connectivity index (χ3v) is 4.50. The minimum atomic E-state index is -0.548. The number of nitro groups is 1. The van der Waals surface area contributed by atoms with Crippen molar-refractivity contribution in [1.29, 1.82) is 0 Å². The van der Waals surface area contributed by atoms with E-state index in [0.717, 1.165) is 4.57 Å². The molecule has 1 aliphatic rings. The van der Waals surface area contributed by atoms with E-state index in [4.69, 9.17) is 0 Å². The normalized spacial score (nSPS) is 13.7. The van der Waals surface area contributed by atoms with Crippen molar-refractivity contribution in [3.63, 3.8) is 0 Å². The molecule has 8 nitrogen and oxygen atoms in total. The number of hydrogen-bond acceptors (Lipinski definition) is 6. The highest BCUT2D eigenvalue weighted by Crippen LogP contribution is 2.35. The predicted molar refractivity (Wildman–Crippen MR) is 82.7 cm³/mol. The summed E-state index contributed by atoms with van der Waals surface area (Å²) in [5, 5.41) is 16.0. The third-order valence-electron chi connectivity index (χ3n) is 3.61. The fourth-order valence-corrected chi connectivity index (χ4v) is 3.32. The van der Waals surface area contributed by atoms with Gasteiger partial charge in [0.15, 0.2) is 0 Å². The van der Waals surface area contributed by atoms with Crippen molar-refractivity contribution in [2.45, 2.75) is 0 Å². The van der Waals surface area contributed by atoms with Crippen molar-refractivity contribution >= 4 is 22.7 Å². The molecule has 2 aromatic rings. The molecule has 0 radical (unpaired) electrons. The van der Waals surface area contributed by atoms with Gasteiger partial charge >= 0.3 is 5.69 Å². The van der Waals surface area contributed by atoms with Crippen molar-refractivity contribution in [2.24, 2.45) is 14.1 Å². The molecule has 9 heteroatoms. The molecule has 0 amide bonds. The van der Waals surface area contributed by atoms with Crippen LogP contribution < -0.4 is 16.6 Å². The van der Waals surface area contributed by atoms with Crippen LogP contribution in [0.25, 0.3) is 5.57 Å². The Labute approximate surface area is 128 Å². The maximum Gasteiger partial charge on any atom is 0.332 e. The van der Waals surface area contributed by atoms with Crippen molar-refractivity contribution in [2.75, 3.05) is 11.9 Å². The van der Waals surface area contributed by atoms with Gasteiger partial charge in [-0.05, 0) is 11.4 Å². The van der Waals surface area contributed by atoms with E-state index in [1.807, 2.05) is 0 Å². The van der Waals surface area contributed by atoms with Crippen LogP contribution >= 0.6 is 11.3 Å². The van der Waals surface area contributed by atoms with E-state index in [1.165, 1.54) is 30.0 Å². The molecule has 0 unspecified atom stereocenters.